The van der Waals surface area contributed by atoms with Crippen LogP contribution in [0.2, 0.25) is 0 Å². The van der Waals surface area contributed by atoms with Crippen LogP contribution in [-0.2, 0) is 6.54 Å². The summed E-state index contributed by atoms with van der Waals surface area (Å²) in [6, 6.07) is 18.7. The number of halogens is 2. The summed E-state index contributed by atoms with van der Waals surface area (Å²) in [4.78, 5) is 16.3. The monoisotopic (exact) mass is 526 g/mol. The smallest absolute Gasteiger partial charge is 0.253 e. The fourth-order valence-electron chi connectivity index (χ4n) is 4.13. The van der Waals surface area contributed by atoms with E-state index in [1.54, 1.807) is 31.1 Å². The molecule has 1 amide bonds. The average Bonchev–Trinajstić information content (AvgIpc) is 2.93. The van der Waals surface area contributed by atoms with Gasteiger partial charge in [0.05, 0.1) is 12.6 Å². The Labute approximate surface area is 223 Å². The van der Waals surface area contributed by atoms with Crippen LogP contribution in [0.25, 0.3) is 11.1 Å². The largest absolute Gasteiger partial charge is 0.494 e. The highest BCUT2D eigenvalue weighted by Gasteiger charge is 2.23. The molecular formula is C29H36F2N4O3. The van der Waals surface area contributed by atoms with E-state index in [1.165, 1.54) is 18.2 Å². The molecule has 7 nitrogen and oxygen atoms in total. The van der Waals surface area contributed by atoms with Crippen LogP contribution in [0.5, 0.6) is 5.75 Å². The summed E-state index contributed by atoms with van der Waals surface area (Å²) in [6.45, 7) is 3.15. The maximum absolute atomic E-state index is 13.8. The van der Waals surface area contributed by atoms with Crippen LogP contribution in [0.15, 0.2) is 66.7 Å². The molecule has 0 saturated carbocycles. The van der Waals surface area contributed by atoms with Crippen molar-refractivity contribution in [3.05, 3.63) is 89.5 Å². The Morgan fingerprint density at radius 1 is 0.974 bits per heavy atom. The summed E-state index contributed by atoms with van der Waals surface area (Å²) in [5.41, 5.74) is 4.75. The van der Waals surface area contributed by atoms with Gasteiger partial charge in [0.1, 0.15) is 23.5 Å². The van der Waals surface area contributed by atoms with Gasteiger partial charge >= 0.3 is 0 Å². The zero-order chi connectivity index (χ0) is 27.7. The van der Waals surface area contributed by atoms with Gasteiger partial charge in [0.15, 0.2) is 0 Å². The molecule has 0 radical (unpaired) electrons. The summed E-state index contributed by atoms with van der Waals surface area (Å²) < 4.78 is 33.5. The highest BCUT2D eigenvalue weighted by Crippen LogP contribution is 2.23. The van der Waals surface area contributed by atoms with Crippen molar-refractivity contribution in [3.8, 4) is 16.9 Å². The van der Waals surface area contributed by atoms with Gasteiger partial charge in [-0.2, -0.15) is 5.48 Å². The third-order valence-electron chi connectivity index (χ3n) is 6.63. The fourth-order valence-corrected chi connectivity index (χ4v) is 4.13. The molecule has 0 aliphatic carbocycles. The minimum Gasteiger partial charge on any atom is -0.494 e. The lowest BCUT2D eigenvalue weighted by Gasteiger charge is -2.31. The van der Waals surface area contributed by atoms with E-state index in [4.69, 9.17) is 4.74 Å². The number of carbonyl (C=O) groups is 1. The van der Waals surface area contributed by atoms with Gasteiger partial charge in [-0.15, -0.1) is 0 Å². The number of carbonyl (C=O) groups excluding carboxylic acids is 1. The van der Waals surface area contributed by atoms with Crippen molar-refractivity contribution in [2.24, 2.45) is 0 Å². The third-order valence-corrected chi connectivity index (χ3v) is 6.63. The van der Waals surface area contributed by atoms with Crippen molar-refractivity contribution in [2.75, 3.05) is 34.3 Å². The van der Waals surface area contributed by atoms with Gasteiger partial charge in [0, 0.05) is 31.3 Å². The van der Waals surface area contributed by atoms with Crippen LogP contribution in [0.4, 0.5) is 8.78 Å². The van der Waals surface area contributed by atoms with Crippen molar-refractivity contribution in [1.82, 2.24) is 20.6 Å². The van der Waals surface area contributed by atoms with Crippen LogP contribution >= 0.6 is 0 Å². The zero-order valence-electron chi connectivity index (χ0n) is 22.2. The molecule has 204 valence electrons. The zero-order valence-corrected chi connectivity index (χ0v) is 22.2. The van der Waals surface area contributed by atoms with Crippen LogP contribution in [0.3, 0.4) is 0 Å². The fraction of sp³-hybridized carbons (Fsp3) is 0.345. The number of rotatable bonds is 13. The van der Waals surface area contributed by atoms with Gasteiger partial charge in [-0.3, -0.25) is 4.79 Å². The summed E-state index contributed by atoms with van der Waals surface area (Å²) in [5.74, 6) is -0.479. The molecule has 0 aliphatic heterocycles. The molecule has 2 unspecified atom stereocenters. The number of ether oxygens (including phenoxy) is 1. The van der Waals surface area contributed by atoms with Crippen molar-refractivity contribution in [2.45, 2.75) is 32.1 Å². The molecule has 0 saturated heterocycles. The van der Waals surface area contributed by atoms with Crippen molar-refractivity contribution < 1.29 is 23.5 Å². The highest BCUT2D eigenvalue weighted by atomic mass is 19.1. The minimum absolute atomic E-state index is 0.0758. The van der Waals surface area contributed by atoms with Gasteiger partial charge in [-0.1, -0.05) is 30.3 Å². The second-order valence-electron chi connectivity index (χ2n) is 9.29. The number of amides is 1. The molecule has 0 bridgehead atoms. The molecule has 3 aromatic rings. The normalized spacial score (nSPS) is 12.8. The molecule has 3 N–H and O–H groups in total. The van der Waals surface area contributed by atoms with E-state index in [0.717, 1.165) is 16.9 Å². The Bertz CT molecular complexity index is 1150. The maximum atomic E-state index is 13.8. The molecule has 0 aliphatic rings. The third kappa shape index (κ3) is 7.58. The van der Waals surface area contributed by atoms with E-state index >= 15 is 0 Å². The van der Waals surface area contributed by atoms with Crippen molar-refractivity contribution in [1.29, 1.82) is 0 Å². The number of nitrogens with zero attached hydrogens (tertiary/aromatic N) is 2. The van der Waals surface area contributed by atoms with Crippen LogP contribution in [0, 0.1) is 11.6 Å². The molecule has 0 fully saturated rings. The Morgan fingerprint density at radius 2 is 1.55 bits per heavy atom. The number of hydrogen-bond donors (Lipinski definition) is 3. The van der Waals surface area contributed by atoms with E-state index in [1.807, 2.05) is 55.3 Å². The van der Waals surface area contributed by atoms with Gasteiger partial charge in [-0.25, -0.2) is 8.78 Å². The summed E-state index contributed by atoms with van der Waals surface area (Å²) in [7, 11) is 5.22. The topological polar surface area (TPSA) is 77.1 Å². The first-order valence-corrected chi connectivity index (χ1v) is 12.5. The van der Waals surface area contributed by atoms with Crippen LogP contribution < -0.4 is 15.5 Å². The minimum atomic E-state index is -0.533. The lowest BCUT2D eigenvalue weighted by Crippen LogP contribution is -2.54. The SMILES string of the molecule is CNC(NO)C(C)N(C)C(=O)c1ccc(-c2ccc(OCCCN(C)Cc3c(F)cccc3F)cc2)cc1. The van der Waals surface area contributed by atoms with E-state index < -0.39 is 17.8 Å². The second kappa shape index (κ2) is 14.0. The van der Waals surface area contributed by atoms with Crippen molar-refractivity contribution >= 4 is 5.91 Å². The summed E-state index contributed by atoms with van der Waals surface area (Å²) >= 11 is 0. The molecule has 0 spiro atoms. The Kier molecular flexibility index (Phi) is 10.7. The summed E-state index contributed by atoms with van der Waals surface area (Å²) in [5, 5.41) is 12.2. The number of likely N-dealkylation sites (N-methyl/N-ethyl adjacent to an activating group) is 2. The van der Waals surface area contributed by atoms with Gasteiger partial charge < -0.3 is 25.1 Å². The van der Waals surface area contributed by atoms with Gasteiger partial charge in [0.25, 0.3) is 5.91 Å². The number of benzene rings is 3. The quantitative estimate of drug-likeness (QED) is 0.173. The number of hydrogen-bond acceptors (Lipinski definition) is 6. The van der Waals surface area contributed by atoms with Crippen LogP contribution in [0.1, 0.15) is 29.3 Å². The Hall–Kier alpha value is -3.37. The van der Waals surface area contributed by atoms with Crippen LogP contribution in [-0.4, -0.2) is 67.4 Å². The molecule has 38 heavy (non-hydrogen) atoms. The van der Waals surface area contributed by atoms with Gasteiger partial charge in [0.2, 0.25) is 0 Å². The average molecular weight is 527 g/mol. The number of hydroxylamine groups is 1. The first-order valence-electron chi connectivity index (χ1n) is 12.5. The van der Waals surface area contributed by atoms with E-state index in [-0.39, 0.29) is 24.1 Å². The summed E-state index contributed by atoms with van der Waals surface area (Å²) in [6.07, 6.45) is 0.258. The van der Waals surface area contributed by atoms with E-state index in [2.05, 4.69) is 10.8 Å². The van der Waals surface area contributed by atoms with E-state index in [9.17, 15) is 18.8 Å². The second-order valence-corrected chi connectivity index (χ2v) is 9.29. The molecule has 9 heteroatoms. The van der Waals surface area contributed by atoms with E-state index in [0.29, 0.717) is 25.1 Å². The molecular weight excluding hydrogens is 490 g/mol. The van der Waals surface area contributed by atoms with Crippen molar-refractivity contribution in [3.63, 3.8) is 0 Å². The lowest BCUT2D eigenvalue weighted by atomic mass is 10.0. The lowest BCUT2D eigenvalue weighted by molar-refractivity contribution is 0.0493. The standard InChI is InChI=1S/C29H36F2N4O3/c1-20(28(32-2)33-37)35(4)29(36)23-11-9-21(10-12-23)22-13-15-24(16-14-22)38-18-6-17-34(3)19-25-26(30)7-5-8-27(25)31/h5,7-16,20,28,32-33,37H,6,17-19H2,1-4H3. The number of nitrogens with one attached hydrogen (secondary N) is 2. The molecule has 3 aromatic carbocycles. The predicted octanol–water partition coefficient (Wildman–Crippen LogP) is 4.52. The predicted molar refractivity (Wildman–Crippen MR) is 144 cm³/mol. The molecule has 0 heterocycles. The molecule has 0 aromatic heterocycles. The highest BCUT2D eigenvalue weighted by molar-refractivity contribution is 5.94. The maximum Gasteiger partial charge on any atom is 0.253 e. The Morgan fingerprint density at radius 3 is 2.11 bits per heavy atom. The molecule has 3 rings (SSSR count). The van der Waals surface area contributed by atoms with Gasteiger partial charge in [-0.05, 0) is 75.0 Å². The molecule has 2 atom stereocenters. The first-order chi connectivity index (χ1) is 18.2. The Balaban J connectivity index is 1.48. The first kappa shape index (κ1) is 29.2.